The van der Waals surface area contributed by atoms with Crippen LogP contribution in [0.3, 0.4) is 0 Å². The molecule has 0 aliphatic carbocycles. The first kappa shape index (κ1) is 39.3. The summed E-state index contributed by atoms with van der Waals surface area (Å²) in [6.45, 7) is 0. The molecule has 0 aromatic heterocycles. The van der Waals surface area contributed by atoms with E-state index in [-0.39, 0.29) is 64.7 Å². The summed E-state index contributed by atoms with van der Waals surface area (Å²) in [7, 11) is 0. The van der Waals surface area contributed by atoms with Crippen molar-refractivity contribution in [3.63, 3.8) is 0 Å². The third-order valence-electron chi connectivity index (χ3n) is 0. The van der Waals surface area contributed by atoms with Gasteiger partial charge in [-0.05, 0) is 0 Å². The van der Waals surface area contributed by atoms with Gasteiger partial charge >= 0.3 is 0 Å². The molecular weight excluding hydrogens is 260 g/mol. The van der Waals surface area contributed by atoms with Gasteiger partial charge in [0.2, 0.25) is 0 Å². The van der Waals surface area contributed by atoms with Gasteiger partial charge in [0.05, 0.1) is 0 Å². The third kappa shape index (κ3) is 9.09. The van der Waals surface area contributed by atoms with E-state index in [0.29, 0.717) is 0 Å². The van der Waals surface area contributed by atoms with Gasteiger partial charge in [-0.1, -0.05) is 0 Å². The molecular formula is HClGe2Se. The van der Waals surface area contributed by atoms with E-state index in [1.165, 1.54) is 0 Å². The molecule has 0 N–H and O–H groups in total. The zero-order valence-corrected chi connectivity index (χ0v) is 8.54. The Labute approximate surface area is 64.3 Å². The fourth-order valence-electron chi connectivity index (χ4n) is 0. The Kier molecular flexibility index (Phi) is 203. The van der Waals surface area contributed by atoms with Crippen molar-refractivity contribution >= 4 is 64.7 Å². The van der Waals surface area contributed by atoms with Gasteiger partial charge in [-0.2, -0.15) is 0 Å². The predicted molar refractivity (Wildman–Crippen MR) is 24.5 cm³/mol. The molecule has 0 saturated heterocycles. The summed E-state index contributed by atoms with van der Waals surface area (Å²) in [6, 6.07) is 0. The van der Waals surface area contributed by atoms with E-state index in [0.717, 1.165) is 0 Å². The molecule has 0 rings (SSSR count). The second-order valence-corrected chi connectivity index (χ2v) is 0. The summed E-state index contributed by atoms with van der Waals surface area (Å²) in [5, 5.41) is 0. The maximum absolute atomic E-state index is 0. The molecule has 0 aromatic carbocycles. The fourth-order valence-corrected chi connectivity index (χ4v) is 0. The van der Waals surface area contributed by atoms with Crippen molar-refractivity contribution in [1.29, 1.82) is 0 Å². The molecule has 22 valence electrons. The molecule has 0 saturated carbocycles. The van der Waals surface area contributed by atoms with E-state index >= 15 is 0 Å². The Morgan fingerprint density at radius 2 is 0.750 bits per heavy atom. The van der Waals surface area contributed by atoms with Crippen LogP contribution in [0.4, 0.5) is 0 Å². The van der Waals surface area contributed by atoms with Crippen LogP contribution in [-0.4, -0.2) is 52.3 Å². The minimum atomic E-state index is 0. The van der Waals surface area contributed by atoms with Crippen LogP contribution in [0.15, 0.2) is 0 Å². The summed E-state index contributed by atoms with van der Waals surface area (Å²) >= 11 is 0. The van der Waals surface area contributed by atoms with Crippen LogP contribution in [0.1, 0.15) is 0 Å². The van der Waals surface area contributed by atoms with Gasteiger partial charge < -0.3 is 0 Å². The molecule has 0 heterocycles. The van der Waals surface area contributed by atoms with Crippen molar-refractivity contribution in [2.45, 2.75) is 0 Å². The molecule has 0 nitrogen and oxygen atoms in total. The van der Waals surface area contributed by atoms with E-state index in [1.54, 1.807) is 0 Å². The maximum Gasteiger partial charge on any atom is 0 e. The van der Waals surface area contributed by atoms with Crippen LogP contribution >= 0.6 is 12.4 Å². The van der Waals surface area contributed by atoms with Gasteiger partial charge in [0.1, 0.15) is 0 Å². The summed E-state index contributed by atoms with van der Waals surface area (Å²) < 4.78 is 0. The number of halogens is 1. The molecule has 0 amide bonds. The van der Waals surface area contributed by atoms with E-state index in [9.17, 15) is 0 Å². The predicted octanol–water partition coefficient (Wildman–Crippen LogP) is -0.721. The van der Waals surface area contributed by atoms with Crippen LogP contribution in [0, 0.1) is 0 Å². The van der Waals surface area contributed by atoms with Crippen molar-refractivity contribution < 1.29 is 0 Å². The SMILES string of the molecule is Cl.[Ge].[Ge].[Se]. The first-order chi connectivity index (χ1) is 0. The molecule has 0 fully saturated rings. The van der Waals surface area contributed by atoms with Crippen LogP contribution < -0.4 is 0 Å². The summed E-state index contributed by atoms with van der Waals surface area (Å²) in [5.41, 5.74) is 0. The van der Waals surface area contributed by atoms with Crippen molar-refractivity contribution in [3.8, 4) is 0 Å². The van der Waals surface area contributed by atoms with Gasteiger partial charge in [0, 0.05) is 52.3 Å². The number of hydrogen-bond acceptors (Lipinski definition) is 0. The van der Waals surface area contributed by atoms with E-state index in [1.807, 2.05) is 0 Å². The van der Waals surface area contributed by atoms with Gasteiger partial charge in [0.25, 0.3) is 0 Å². The molecule has 10 radical (unpaired) electrons. The Morgan fingerprint density at radius 3 is 0.750 bits per heavy atom. The average molecular weight is 261 g/mol. The maximum atomic E-state index is 0. The second-order valence-electron chi connectivity index (χ2n) is 0. The standard InChI is InChI=1S/ClH.2Ge.Se/h1H;;;. The number of rotatable bonds is 0. The Balaban J connectivity index is 0. The normalized spacial score (nSPS) is 0. The van der Waals surface area contributed by atoms with Crippen LogP contribution in [0.5, 0.6) is 0 Å². The first-order valence-electron chi connectivity index (χ1n) is 0. The topological polar surface area (TPSA) is 0 Å². The van der Waals surface area contributed by atoms with Crippen molar-refractivity contribution in [3.05, 3.63) is 0 Å². The Morgan fingerprint density at radius 1 is 0.750 bits per heavy atom. The summed E-state index contributed by atoms with van der Waals surface area (Å²) in [4.78, 5) is 0. The molecule has 0 aliphatic heterocycles. The Hall–Kier alpha value is 1.90. The van der Waals surface area contributed by atoms with Crippen LogP contribution in [0.2, 0.25) is 0 Å². The van der Waals surface area contributed by atoms with E-state index < -0.39 is 0 Å². The molecule has 0 aromatic rings. The molecule has 0 bridgehead atoms. The van der Waals surface area contributed by atoms with Gasteiger partial charge in [0.15, 0.2) is 0 Å². The summed E-state index contributed by atoms with van der Waals surface area (Å²) in [5.74, 6) is 0. The minimum absolute atomic E-state index is 0. The minimum Gasteiger partial charge on any atom is -0.147 e. The third-order valence-corrected chi connectivity index (χ3v) is 0. The zero-order chi connectivity index (χ0) is 0. The Bertz CT molecular complexity index is 6.00. The fraction of sp³-hybridized carbons (Fsp3) is 0. The average Bonchev–Trinajstić information content (AvgIpc) is 0. The molecule has 4 heteroatoms. The van der Waals surface area contributed by atoms with Crippen molar-refractivity contribution in [2.24, 2.45) is 0 Å². The van der Waals surface area contributed by atoms with Crippen molar-refractivity contribution in [2.75, 3.05) is 0 Å². The molecule has 0 aliphatic rings. The van der Waals surface area contributed by atoms with Crippen LogP contribution in [-0.2, 0) is 0 Å². The van der Waals surface area contributed by atoms with Gasteiger partial charge in [-0.25, -0.2) is 0 Å². The number of hydrogen-bond donors (Lipinski definition) is 0. The smallest absolute Gasteiger partial charge is 0 e. The quantitative estimate of drug-likeness (QED) is 0.505. The molecule has 0 atom stereocenters. The van der Waals surface area contributed by atoms with Gasteiger partial charge in [-0.3, -0.25) is 0 Å². The van der Waals surface area contributed by atoms with Crippen molar-refractivity contribution in [1.82, 2.24) is 0 Å². The van der Waals surface area contributed by atoms with E-state index in [2.05, 4.69) is 0 Å². The molecule has 4 heavy (non-hydrogen) atoms. The molecule has 0 spiro atoms. The second kappa shape index (κ2) is 20.7. The zero-order valence-electron chi connectivity index (χ0n) is 1.82. The monoisotopic (exact) mass is 264 g/mol. The van der Waals surface area contributed by atoms with E-state index in [4.69, 9.17) is 0 Å². The molecule has 0 unspecified atom stereocenters. The summed E-state index contributed by atoms with van der Waals surface area (Å²) in [6.07, 6.45) is 0. The van der Waals surface area contributed by atoms with Gasteiger partial charge in [-0.15, -0.1) is 12.4 Å². The largest absolute Gasteiger partial charge is 0.147 e. The first-order valence-corrected chi connectivity index (χ1v) is 0. The van der Waals surface area contributed by atoms with Crippen LogP contribution in [0.25, 0.3) is 0 Å².